The fourth-order valence-corrected chi connectivity index (χ4v) is 4.17. The number of rotatable bonds is 6. The Morgan fingerprint density at radius 3 is 2.64 bits per heavy atom. The molecule has 1 unspecified atom stereocenters. The lowest BCUT2D eigenvalue weighted by molar-refractivity contribution is -0.141. The van der Waals surface area contributed by atoms with Crippen molar-refractivity contribution in [2.45, 2.75) is 25.4 Å². The van der Waals surface area contributed by atoms with E-state index in [1.54, 1.807) is 4.90 Å². The predicted octanol–water partition coefficient (Wildman–Crippen LogP) is 3.20. The smallest absolute Gasteiger partial charge is 0.362 e. The number of alkyl halides is 5. The topological polar surface area (TPSA) is 98.1 Å². The largest absolute Gasteiger partial charge is 0.433 e. The molecule has 0 saturated carbocycles. The molecule has 2 aromatic heterocycles. The molecule has 4 rings (SSSR count). The van der Waals surface area contributed by atoms with Crippen LogP contribution in [0.2, 0.25) is 0 Å². The van der Waals surface area contributed by atoms with E-state index in [0.29, 0.717) is 25.2 Å². The molecule has 0 radical (unpaired) electrons. The zero-order chi connectivity index (χ0) is 23.8. The van der Waals surface area contributed by atoms with E-state index in [2.05, 4.69) is 20.3 Å². The maximum Gasteiger partial charge on any atom is 0.433 e. The molecule has 13 heteroatoms. The van der Waals surface area contributed by atoms with E-state index in [-0.39, 0.29) is 36.3 Å². The molecule has 0 aliphatic carbocycles. The number of hydrogen-bond acceptors (Lipinski definition) is 7. The summed E-state index contributed by atoms with van der Waals surface area (Å²) in [6, 6.07) is 3.45. The molecule has 2 aliphatic heterocycles. The van der Waals surface area contributed by atoms with E-state index in [1.165, 1.54) is 23.2 Å². The first-order valence-corrected chi connectivity index (χ1v) is 10.1. The second-order valence-corrected chi connectivity index (χ2v) is 7.92. The number of carbonyl (C=O) groups excluding carboxylic acids is 1. The average molecular weight is 469 g/mol. The minimum atomic E-state index is -4.61. The number of nitrogens with one attached hydrogen (secondary N) is 2. The minimum Gasteiger partial charge on any atom is -0.362 e. The Balaban J connectivity index is 1.52. The van der Waals surface area contributed by atoms with Gasteiger partial charge in [0.2, 0.25) is 5.91 Å². The molecule has 2 saturated heterocycles. The molecule has 1 spiro atoms. The van der Waals surface area contributed by atoms with Gasteiger partial charge in [-0.2, -0.15) is 13.2 Å². The first kappa shape index (κ1) is 22.8. The molecule has 2 aliphatic rings. The molecule has 176 valence electrons. The van der Waals surface area contributed by atoms with Crippen LogP contribution in [0.15, 0.2) is 24.4 Å². The lowest BCUT2D eigenvalue weighted by atomic mass is 9.85. The van der Waals surface area contributed by atoms with Crippen LogP contribution in [0.5, 0.6) is 0 Å². The Hall–Kier alpha value is -3.38. The highest BCUT2D eigenvalue weighted by atomic mass is 19.4. The fourth-order valence-electron chi connectivity index (χ4n) is 4.17. The van der Waals surface area contributed by atoms with Crippen molar-refractivity contribution in [3.8, 4) is 0 Å². The number of halogens is 5. The molecule has 4 heterocycles. The molecule has 33 heavy (non-hydrogen) atoms. The highest BCUT2D eigenvalue weighted by Crippen LogP contribution is 2.43. The van der Waals surface area contributed by atoms with Gasteiger partial charge in [0.1, 0.15) is 23.0 Å². The van der Waals surface area contributed by atoms with Crippen LogP contribution >= 0.6 is 0 Å². The van der Waals surface area contributed by atoms with E-state index < -0.39 is 30.3 Å². The molecular weight excluding hydrogens is 449 g/mol. The molecule has 0 aromatic carbocycles. The van der Waals surface area contributed by atoms with Gasteiger partial charge in [0.05, 0.1) is 18.2 Å². The standard InChI is InChI=1S/C20H20F5N7O/c21-14(22)9-28-17-12(8-26)27-10-16(30-17)31-6-4-19(11-31)5-7-32(18(19)33)15-3-1-2-13(29-15)20(23,24)25/h1-3,8,10,14,26H,4-7,9,11H2,(H,28,30). The number of anilines is 3. The molecule has 2 fully saturated rings. The summed E-state index contributed by atoms with van der Waals surface area (Å²) >= 11 is 0. The van der Waals surface area contributed by atoms with Crippen LogP contribution in [-0.4, -0.2) is 59.7 Å². The van der Waals surface area contributed by atoms with Crippen LogP contribution in [0.3, 0.4) is 0 Å². The van der Waals surface area contributed by atoms with Crippen molar-refractivity contribution in [1.82, 2.24) is 15.0 Å². The first-order chi connectivity index (χ1) is 15.6. The van der Waals surface area contributed by atoms with Gasteiger partial charge in [0.25, 0.3) is 6.43 Å². The number of amides is 1. The Morgan fingerprint density at radius 1 is 1.18 bits per heavy atom. The summed E-state index contributed by atoms with van der Waals surface area (Å²) in [6.07, 6.45) is -4.04. The predicted molar refractivity (Wildman–Crippen MR) is 110 cm³/mol. The van der Waals surface area contributed by atoms with Crippen LogP contribution in [0, 0.1) is 10.8 Å². The number of hydrogen-bond donors (Lipinski definition) is 2. The molecular formula is C20H20F5N7O. The summed E-state index contributed by atoms with van der Waals surface area (Å²) in [5, 5.41) is 9.84. The van der Waals surface area contributed by atoms with Gasteiger partial charge in [-0.15, -0.1) is 0 Å². The van der Waals surface area contributed by atoms with E-state index in [0.717, 1.165) is 12.3 Å². The van der Waals surface area contributed by atoms with Gasteiger partial charge in [0, 0.05) is 25.8 Å². The van der Waals surface area contributed by atoms with Gasteiger partial charge in [0.15, 0.2) is 5.82 Å². The summed E-state index contributed by atoms with van der Waals surface area (Å²) in [5.41, 5.74) is -1.77. The molecule has 2 aromatic rings. The number of carbonyl (C=O) groups is 1. The first-order valence-electron chi connectivity index (χ1n) is 10.1. The minimum absolute atomic E-state index is 0.0382. The van der Waals surface area contributed by atoms with Gasteiger partial charge in [-0.05, 0) is 25.0 Å². The third-order valence-electron chi connectivity index (χ3n) is 5.84. The van der Waals surface area contributed by atoms with Gasteiger partial charge >= 0.3 is 6.18 Å². The summed E-state index contributed by atoms with van der Waals surface area (Å²) in [4.78, 5) is 28.3. The van der Waals surface area contributed by atoms with E-state index in [4.69, 9.17) is 5.41 Å². The maximum absolute atomic E-state index is 13.2. The van der Waals surface area contributed by atoms with Crippen molar-refractivity contribution in [3.63, 3.8) is 0 Å². The van der Waals surface area contributed by atoms with Gasteiger partial charge in [-0.1, -0.05) is 6.07 Å². The van der Waals surface area contributed by atoms with Crippen LogP contribution in [0.25, 0.3) is 0 Å². The van der Waals surface area contributed by atoms with Crippen molar-refractivity contribution < 1.29 is 26.7 Å². The van der Waals surface area contributed by atoms with E-state index >= 15 is 0 Å². The van der Waals surface area contributed by atoms with Gasteiger partial charge in [-0.3, -0.25) is 9.69 Å². The second-order valence-electron chi connectivity index (χ2n) is 7.92. The molecule has 0 bridgehead atoms. The fraction of sp³-hybridized carbons (Fsp3) is 0.450. The number of pyridine rings is 1. The van der Waals surface area contributed by atoms with Crippen molar-refractivity contribution in [2.75, 3.05) is 41.3 Å². The van der Waals surface area contributed by atoms with Gasteiger partial charge < -0.3 is 15.6 Å². The summed E-state index contributed by atoms with van der Waals surface area (Å²) < 4.78 is 64.2. The average Bonchev–Trinajstić information content (AvgIpc) is 3.36. The highest BCUT2D eigenvalue weighted by Gasteiger charge is 2.52. The zero-order valence-corrected chi connectivity index (χ0v) is 17.2. The zero-order valence-electron chi connectivity index (χ0n) is 17.2. The SMILES string of the molecule is N=Cc1ncc(N2CCC3(CCN(c4cccc(C(F)(F)F)n4)C3=O)C2)nc1NCC(F)F. The van der Waals surface area contributed by atoms with Crippen LogP contribution in [0.4, 0.5) is 39.4 Å². The monoisotopic (exact) mass is 469 g/mol. The second kappa shape index (κ2) is 8.52. The molecule has 1 atom stereocenters. The Morgan fingerprint density at radius 2 is 1.94 bits per heavy atom. The third-order valence-corrected chi connectivity index (χ3v) is 5.84. The lowest BCUT2D eigenvalue weighted by Crippen LogP contribution is -2.37. The van der Waals surface area contributed by atoms with Crippen molar-refractivity contribution in [2.24, 2.45) is 5.41 Å². The van der Waals surface area contributed by atoms with Crippen LogP contribution < -0.4 is 15.1 Å². The molecule has 8 nitrogen and oxygen atoms in total. The van der Waals surface area contributed by atoms with Gasteiger partial charge in [-0.25, -0.2) is 23.7 Å². The van der Waals surface area contributed by atoms with E-state index in [1.807, 2.05) is 0 Å². The van der Waals surface area contributed by atoms with Crippen molar-refractivity contribution >= 4 is 29.6 Å². The summed E-state index contributed by atoms with van der Waals surface area (Å²) in [6.45, 7) is 0.275. The van der Waals surface area contributed by atoms with Crippen LogP contribution in [-0.2, 0) is 11.0 Å². The number of nitrogens with zero attached hydrogens (tertiary/aromatic N) is 5. The Labute approximate surface area is 185 Å². The third kappa shape index (κ3) is 4.44. The quantitative estimate of drug-likeness (QED) is 0.498. The summed E-state index contributed by atoms with van der Waals surface area (Å²) in [5.74, 6) is 0.0460. The highest BCUT2D eigenvalue weighted by molar-refractivity contribution is 6.00. The molecule has 2 N–H and O–H groups in total. The summed E-state index contributed by atoms with van der Waals surface area (Å²) in [7, 11) is 0. The van der Waals surface area contributed by atoms with Crippen LogP contribution in [0.1, 0.15) is 24.2 Å². The Bertz CT molecular complexity index is 1060. The normalized spacial score (nSPS) is 20.8. The van der Waals surface area contributed by atoms with Crippen molar-refractivity contribution in [3.05, 3.63) is 35.8 Å². The lowest BCUT2D eigenvalue weighted by Gasteiger charge is -2.24. The van der Waals surface area contributed by atoms with Crippen molar-refractivity contribution in [1.29, 1.82) is 5.41 Å². The maximum atomic E-state index is 13.2. The number of aromatic nitrogens is 3. The van der Waals surface area contributed by atoms with E-state index in [9.17, 15) is 26.7 Å². The Kier molecular flexibility index (Phi) is 5.89. The molecule has 1 amide bonds.